The van der Waals surface area contributed by atoms with Crippen LogP contribution >= 0.6 is 0 Å². The second-order valence-electron chi connectivity index (χ2n) is 5.85. The lowest BCUT2D eigenvalue weighted by Crippen LogP contribution is -2.10. The minimum absolute atomic E-state index is 0.220. The third-order valence-corrected chi connectivity index (χ3v) is 3.73. The van der Waals surface area contributed by atoms with Crippen molar-refractivity contribution >= 4 is 11.9 Å². The monoisotopic (exact) mass is 320 g/mol. The largest absolute Gasteiger partial charge is 0.466 e. The minimum atomic E-state index is -0.316. The molecule has 0 saturated heterocycles. The molecule has 0 amide bonds. The molecule has 0 unspecified atom stereocenters. The molecule has 0 aromatic heterocycles. The first-order valence-electron chi connectivity index (χ1n) is 8.46. The highest BCUT2D eigenvalue weighted by molar-refractivity contribution is 5.74. The molecule has 4 heteroatoms. The molecule has 0 bridgehead atoms. The predicted molar refractivity (Wildman–Crippen MR) is 90.5 cm³/mol. The normalized spacial score (nSPS) is 10.4. The number of ether oxygens (including phenoxy) is 2. The number of aryl methyl sites for hydroxylation is 2. The van der Waals surface area contributed by atoms with E-state index in [2.05, 4.69) is 6.92 Å². The Bertz CT molecular complexity index is 508. The third kappa shape index (κ3) is 8.38. The number of esters is 2. The van der Waals surface area contributed by atoms with E-state index in [9.17, 15) is 9.59 Å². The quantitative estimate of drug-likeness (QED) is 0.362. The van der Waals surface area contributed by atoms with Crippen LogP contribution < -0.4 is 4.74 Å². The van der Waals surface area contributed by atoms with Crippen LogP contribution in [0.2, 0.25) is 0 Å². The van der Waals surface area contributed by atoms with Crippen LogP contribution in [0.15, 0.2) is 18.2 Å². The Hall–Kier alpha value is -1.84. The summed E-state index contributed by atoms with van der Waals surface area (Å²) in [7, 11) is 0. The second kappa shape index (κ2) is 10.8. The maximum absolute atomic E-state index is 11.7. The number of rotatable bonds is 10. The second-order valence-corrected chi connectivity index (χ2v) is 5.85. The molecule has 0 N–H and O–H groups in total. The van der Waals surface area contributed by atoms with Gasteiger partial charge in [-0.1, -0.05) is 32.3 Å². The van der Waals surface area contributed by atoms with E-state index in [1.165, 1.54) is 6.42 Å². The van der Waals surface area contributed by atoms with E-state index < -0.39 is 0 Å². The highest BCUT2D eigenvalue weighted by Gasteiger charge is 2.09. The van der Waals surface area contributed by atoms with Gasteiger partial charge in [0, 0.05) is 12.8 Å². The van der Waals surface area contributed by atoms with Gasteiger partial charge in [0.15, 0.2) is 0 Å². The molecule has 0 saturated carbocycles. The molecule has 0 aliphatic carbocycles. The first-order chi connectivity index (χ1) is 11.0. The van der Waals surface area contributed by atoms with E-state index in [4.69, 9.17) is 9.47 Å². The number of unbranched alkanes of at least 4 members (excludes halogenated alkanes) is 3. The number of hydrogen-bond acceptors (Lipinski definition) is 4. The van der Waals surface area contributed by atoms with Crippen LogP contribution in [0.25, 0.3) is 0 Å². The highest BCUT2D eigenvalue weighted by atomic mass is 16.5. The van der Waals surface area contributed by atoms with Gasteiger partial charge in [-0.05, 0) is 49.9 Å². The molecule has 4 nitrogen and oxygen atoms in total. The number of carbonyl (C=O) groups excluding carboxylic acids is 2. The maximum atomic E-state index is 11.7. The van der Waals surface area contributed by atoms with Crippen LogP contribution in [0.3, 0.4) is 0 Å². The van der Waals surface area contributed by atoms with Crippen LogP contribution in [0.4, 0.5) is 0 Å². The summed E-state index contributed by atoms with van der Waals surface area (Å²) < 4.78 is 10.4. The van der Waals surface area contributed by atoms with Gasteiger partial charge in [0.25, 0.3) is 0 Å². The molecule has 0 fully saturated rings. The molecule has 0 aliphatic rings. The molecule has 1 aromatic carbocycles. The van der Waals surface area contributed by atoms with E-state index in [1.807, 2.05) is 26.0 Å². The summed E-state index contributed by atoms with van der Waals surface area (Å²) in [5.41, 5.74) is 2.24. The molecule has 1 rings (SSSR count). The van der Waals surface area contributed by atoms with Crippen molar-refractivity contribution in [2.24, 2.45) is 0 Å². The standard InChI is InChI=1S/C19H28O4/c1-4-5-6-7-13-22-18(20)9-8-10-19(21)23-17-12-11-15(2)16(3)14-17/h11-12,14H,4-10,13H2,1-3H3. The van der Waals surface area contributed by atoms with Crippen molar-refractivity contribution in [2.75, 3.05) is 6.61 Å². The lowest BCUT2D eigenvalue weighted by molar-refractivity contribution is -0.144. The summed E-state index contributed by atoms with van der Waals surface area (Å²) in [6, 6.07) is 5.55. The SMILES string of the molecule is CCCCCCOC(=O)CCCC(=O)Oc1ccc(C)c(C)c1. The Morgan fingerprint density at radius 2 is 1.65 bits per heavy atom. The molecule has 0 heterocycles. The molecule has 23 heavy (non-hydrogen) atoms. The first kappa shape index (κ1) is 19.2. The van der Waals surface area contributed by atoms with Gasteiger partial charge in [-0.2, -0.15) is 0 Å². The van der Waals surface area contributed by atoms with Gasteiger partial charge in [0.2, 0.25) is 0 Å². The van der Waals surface area contributed by atoms with Gasteiger partial charge in [-0.25, -0.2) is 0 Å². The fourth-order valence-electron chi connectivity index (χ4n) is 2.12. The van der Waals surface area contributed by atoms with Crippen LogP contribution in [-0.4, -0.2) is 18.5 Å². The molecular formula is C19H28O4. The summed E-state index contributed by atoms with van der Waals surface area (Å²) in [5, 5.41) is 0. The summed E-state index contributed by atoms with van der Waals surface area (Å²) >= 11 is 0. The van der Waals surface area contributed by atoms with Crippen molar-refractivity contribution in [1.29, 1.82) is 0 Å². The maximum Gasteiger partial charge on any atom is 0.311 e. The zero-order valence-electron chi connectivity index (χ0n) is 14.5. The van der Waals surface area contributed by atoms with Crippen molar-refractivity contribution in [2.45, 2.75) is 65.7 Å². The van der Waals surface area contributed by atoms with Crippen LogP contribution in [0, 0.1) is 13.8 Å². The molecule has 0 aliphatic heterocycles. The fourth-order valence-corrected chi connectivity index (χ4v) is 2.12. The van der Waals surface area contributed by atoms with Crippen molar-refractivity contribution in [3.05, 3.63) is 29.3 Å². The fraction of sp³-hybridized carbons (Fsp3) is 0.579. The lowest BCUT2D eigenvalue weighted by atomic mass is 10.1. The van der Waals surface area contributed by atoms with Crippen molar-refractivity contribution in [3.63, 3.8) is 0 Å². The summed E-state index contributed by atoms with van der Waals surface area (Å²) in [4.78, 5) is 23.3. The van der Waals surface area contributed by atoms with E-state index in [0.717, 1.165) is 30.4 Å². The number of benzene rings is 1. The molecule has 0 atom stereocenters. The van der Waals surface area contributed by atoms with E-state index in [1.54, 1.807) is 6.07 Å². The Morgan fingerprint density at radius 3 is 2.35 bits per heavy atom. The van der Waals surface area contributed by atoms with E-state index in [0.29, 0.717) is 18.8 Å². The molecular weight excluding hydrogens is 292 g/mol. The topological polar surface area (TPSA) is 52.6 Å². The zero-order chi connectivity index (χ0) is 17.1. The van der Waals surface area contributed by atoms with Gasteiger partial charge in [0.1, 0.15) is 5.75 Å². The Labute approximate surface area is 139 Å². The van der Waals surface area contributed by atoms with Crippen molar-refractivity contribution in [3.8, 4) is 5.75 Å². The van der Waals surface area contributed by atoms with Gasteiger partial charge >= 0.3 is 11.9 Å². The van der Waals surface area contributed by atoms with Crippen molar-refractivity contribution in [1.82, 2.24) is 0 Å². The molecule has 1 aromatic rings. The average molecular weight is 320 g/mol. The lowest BCUT2D eigenvalue weighted by Gasteiger charge is -2.07. The summed E-state index contributed by atoms with van der Waals surface area (Å²) in [6.07, 6.45) is 5.27. The van der Waals surface area contributed by atoms with Gasteiger partial charge < -0.3 is 9.47 Å². The molecule has 0 spiro atoms. The Morgan fingerprint density at radius 1 is 0.913 bits per heavy atom. The number of hydrogen-bond donors (Lipinski definition) is 0. The molecule has 0 radical (unpaired) electrons. The van der Waals surface area contributed by atoms with Gasteiger partial charge in [-0.15, -0.1) is 0 Å². The van der Waals surface area contributed by atoms with E-state index in [-0.39, 0.29) is 24.8 Å². The van der Waals surface area contributed by atoms with Crippen molar-refractivity contribution < 1.29 is 19.1 Å². The summed E-state index contributed by atoms with van der Waals surface area (Å²) in [5.74, 6) is 0.000998. The van der Waals surface area contributed by atoms with Crippen LogP contribution in [0.1, 0.15) is 63.0 Å². The van der Waals surface area contributed by atoms with Crippen LogP contribution in [0.5, 0.6) is 5.75 Å². The average Bonchev–Trinajstić information content (AvgIpc) is 2.51. The minimum Gasteiger partial charge on any atom is -0.466 e. The summed E-state index contributed by atoms with van der Waals surface area (Å²) in [6.45, 7) is 6.60. The smallest absolute Gasteiger partial charge is 0.311 e. The van der Waals surface area contributed by atoms with E-state index >= 15 is 0 Å². The number of carbonyl (C=O) groups is 2. The van der Waals surface area contributed by atoms with Gasteiger partial charge in [0.05, 0.1) is 6.61 Å². The van der Waals surface area contributed by atoms with Gasteiger partial charge in [-0.3, -0.25) is 9.59 Å². The zero-order valence-corrected chi connectivity index (χ0v) is 14.5. The highest BCUT2D eigenvalue weighted by Crippen LogP contribution is 2.17. The van der Waals surface area contributed by atoms with Crippen LogP contribution in [-0.2, 0) is 14.3 Å². The third-order valence-electron chi connectivity index (χ3n) is 3.73. The predicted octanol–water partition coefficient (Wildman–Crippen LogP) is 4.50. The molecule has 128 valence electrons. The first-order valence-corrected chi connectivity index (χ1v) is 8.46. The Balaban J connectivity index is 2.15. The Kier molecular flexibility index (Phi) is 9.03.